The van der Waals surface area contributed by atoms with Gasteiger partial charge in [0.05, 0.1) is 0 Å². The average molecular weight is 433 g/mol. The van der Waals surface area contributed by atoms with Gasteiger partial charge in [-0.3, -0.25) is 4.79 Å². The average Bonchev–Trinajstić information content (AvgIpc) is 3.23. The minimum Gasteiger partial charge on any atom is -0.322 e. The monoisotopic (exact) mass is 432 g/mol. The predicted molar refractivity (Wildman–Crippen MR) is 111 cm³/mol. The lowest BCUT2D eigenvalue weighted by Crippen LogP contribution is -2.35. The van der Waals surface area contributed by atoms with E-state index in [9.17, 15) is 13.2 Å². The maximum Gasteiger partial charge on any atom is 0.255 e. The number of rotatable bonds is 4. The van der Waals surface area contributed by atoms with Crippen LogP contribution in [0.4, 0.5) is 5.69 Å². The molecule has 0 saturated heterocycles. The van der Waals surface area contributed by atoms with Crippen LogP contribution in [-0.2, 0) is 23.0 Å². The van der Waals surface area contributed by atoms with E-state index in [1.54, 1.807) is 41.8 Å². The first kappa shape index (κ1) is 19.1. The quantitative estimate of drug-likeness (QED) is 0.664. The molecule has 0 bridgehead atoms. The molecule has 0 radical (unpaired) electrons. The highest BCUT2D eigenvalue weighted by atomic mass is 35.5. The number of nitrogens with one attached hydrogen (secondary N) is 1. The van der Waals surface area contributed by atoms with E-state index in [0.717, 1.165) is 11.1 Å². The topological polar surface area (TPSA) is 66.5 Å². The SMILES string of the molecule is O=C(Nc1ccc2c(c1)CN(S(=O)(=O)c1cccs1)CC2)c1cccc(Cl)c1. The van der Waals surface area contributed by atoms with Gasteiger partial charge >= 0.3 is 0 Å². The van der Waals surface area contributed by atoms with Crippen LogP contribution in [0.3, 0.4) is 0 Å². The van der Waals surface area contributed by atoms with E-state index in [4.69, 9.17) is 11.6 Å². The highest BCUT2D eigenvalue weighted by Gasteiger charge is 2.29. The maximum atomic E-state index is 12.8. The number of nitrogens with zero attached hydrogens (tertiary/aromatic N) is 1. The minimum absolute atomic E-state index is 0.263. The van der Waals surface area contributed by atoms with Crippen molar-refractivity contribution in [1.29, 1.82) is 0 Å². The number of carbonyl (C=O) groups excluding carboxylic acids is 1. The molecule has 0 atom stereocenters. The zero-order chi connectivity index (χ0) is 19.7. The molecule has 1 N–H and O–H groups in total. The minimum atomic E-state index is -3.50. The van der Waals surface area contributed by atoms with Crippen molar-refractivity contribution in [3.63, 3.8) is 0 Å². The maximum absolute atomic E-state index is 12.8. The Balaban J connectivity index is 1.55. The molecule has 5 nitrogen and oxygen atoms in total. The smallest absolute Gasteiger partial charge is 0.255 e. The third kappa shape index (κ3) is 3.84. The van der Waals surface area contributed by atoms with Crippen LogP contribution in [0.5, 0.6) is 0 Å². The summed E-state index contributed by atoms with van der Waals surface area (Å²) in [7, 11) is -3.50. The summed E-state index contributed by atoms with van der Waals surface area (Å²) in [6, 6.07) is 15.7. The highest BCUT2D eigenvalue weighted by molar-refractivity contribution is 7.91. The van der Waals surface area contributed by atoms with Crippen LogP contribution >= 0.6 is 22.9 Å². The molecule has 0 unspecified atom stereocenters. The van der Waals surface area contributed by atoms with Crippen LogP contribution in [0.25, 0.3) is 0 Å². The van der Waals surface area contributed by atoms with Crippen LogP contribution in [0.15, 0.2) is 64.2 Å². The number of fused-ring (bicyclic) bond motifs is 1. The molecule has 8 heteroatoms. The Morgan fingerprint density at radius 2 is 1.93 bits per heavy atom. The molecule has 4 rings (SSSR count). The molecule has 144 valence electrons. The van der Waals surface area contributed by atoms with Gasteiger partial charge < -0.3 is 5.32 Å². The Kier molecular flexibility index (Phi) is 5.25. The van der Waals surface area contributed by atoms with Crippen molar-refractivity contribution in [3.05, 3.63) is 81.7 Å². The zero-order valence-electron chi connectivity index (χ0n) is 14.8. The van der Waals surface area contributed by atoms with Gasteiger partial charge in [-0.2, -0.15) is 4.31 Å². The second kappa shape index (κ2) is 7.67. The summed E-state index contributed by atoms with van der Waals surface area (Å²) in [6.07, 6.45) is 0.641. The normalized spacial score (nSPS) is 14.5. The van der Waals surface area contributed by atoms with E-state index in [1.807, 2.05) is 18.2 Å². The van der Waals surface area contributed by atoms with Crippen LogP contribution < -0.4 is 5.32 Å². The van der Waals surface area contributed by atoms with Gasteiger partial charge in [0.1, 0.15) is 4.21 Å². The molecule has 0 saturated carbocycles. The number of amides is 1. The van der Waals surface area contributed by atoms with Gasteiger partial charge in [-0.25, -0.2) is 8.42 Å². The zero-order valence-corrected chi connectivity index (χ0v) is 17.2. The molecule has 1 aliphatic rings. The summed E-state index contributed by atoms with van der Waals surface area (Å²) < 4.78 is 27.4. The number of anilines is 1. The van der Waals surface area contributed by atoms with E-state index in [0.29, 0.717) is 33.4 Å². The summed E-state index contributed by atoms with van der Waals surface area (Å²) in [6.45, 7) is 0.734. The third-order valence-electron chi connectivity index (χ3n) is 4.62. The van der Waals surface area contributed by atoms with E-state index >= 15 is 0 Å². The van der Waals surface area contributed by atoms with E-state index in [2.05, 4.69) is 5.32 Å². The first-order valence-corrected chi connectivity index (χ1v) is 11.4. The molecule has 28 heavy (non-hydrogen) atoms. The summed E-state index contributed by atoms with van der Waals surface area (Å²) in [5.41, 5.74) is 3.08. The molecule has 0 aliphatic carbocycles. The molecule has 1 amide bonds. The van der Waals surface area contributed by atoms with Gasteiger partial charge in [-0.15, -0.1) is 11.3 Å². The highest BCUT2D eigenvalue weighted by Crippen LogP contribution is 2.29. The lowest BCUT2D eigenvalue weighted by atomic mass is 10.0. The van der Waals surface area contributed by atoms with Crippen molar-refractivity contribution in [2.75, 3.05) is 11.9 Å². The lowest BCUT2D eigenvalue weighted by Gasteiger charge is -2.28. The summed E-state index contributed by atoms with van der Waals surface area (Å²) in [5.74, 6) is -0.263. The Morgan fingerprint density at radius 1 is 1.07 bits per heavy atom. The van der Waals surface area contributed by atoms with Crippen molar-refractivity contribution in [2.24, 2.45) is 0 Å². The van der Waals surface area contributed by atoms with Gasteiger partial charge in [-0.05, 0) is 59.3 Å². The third-order valence-corrected chi connectivity index (χ3v) is 8.07. The number of sulfonamides is 1. The summed E-state index contributed by atoms with van der Waals surface area (Å²) >= 11 is 7.16. The molecule has 3 aromatic rings. The van der Waals surface area contributed by atoms with Gasteiger partial charge in [-0.1, -0.05) is 29.8 Å². The molecule has 2 aromatic carbocycles. The largest absolute Gasteiger partial charge is 0.322 e. The van der Waals surface area contributed by atoms with Crippen molar-refractivity contribution in [2.45, 2.75) is 17.2 Å². The van der Waals surface area contributed by atoms with E-state index < -0.39 is 10.0 Å². The number of benzene rings is 2. The summed E-state index contributed by atoms with van der Waals surface area (Å²) in [5, 5.41) is 5.10. The molecule has 2 heterocycles. The Morgan fingerprint density at radius 3 is 2.68 bits per heavy atom. The molecule has 0 fully saturated rings. The number of hydrogen-bond donors (Lipinski definition) is 1. The Bertz CT molecular complexity index is 1130. The van der Waals surface area contributed by atoms with Crippen molar-refractivity contribution in [1.82, 2.24) is 4.31 Å². The summed E-state index contributed by atoms with van der Waals surface area (Å²) in [4.78, 5) is 12.4. The van der Waals surface area contributed by atoms with Gasteiger partial charge in [0.15, 0.2) is 0 Å². The van der Waals surface area contributed by atoms with Crippen LogP contribution in [-0.4, -0.2) is 25.2 Å². The van der Waals surface area contributed by atoms with Crippen molar-refractivity contribution < 1.29 is 13.2 Å². The molecule has 1 aromatic heterocycles. The first-order valence-electron chi connectivity index (χ1n) is 8.66. The predicted octanol–water partition coefficient (Wildman–Crippen LogP) is 4.40. The molecule has 1 aliphatic heterocycles. The van der Waals surface area contributed by atoms with Crippen LogP contribution in [0.1, 0.15) is 21.5 Å². The Hall–Kier alpha value is -2.19. The number of halogens is 1. The van der Waals surface area contributed by atoms with Gasteiger partial charge in [0, 0.05) is 29.4 Å². The standard InChI is InChI=1S/C20H17ClN2O3S2/c21-17-4-1-3-15(11-17)20(24)22-18-7-6-14-8-9-23(13-16(14)12-18)28(25,26)19-5-2-10-27-19/h1-7,10-12H,8-9,13H2,(H,22,24). The second-order valence-electron chi connectivity index (χ2n) is 6.47. The fourth-order valence-electron chi connectivity index (χ4n) is 3.18. The molecular formula is C20H17ClN2O3S2. The Labute approximate surface area is 172 Å². The van der Waals surface area contributed by atoms with Crippen molar-refractivity contribution >= 4 is 44.6 Å². The number of carbonyl (C=O) groups is 1. The fraction of sp³-hybridized carbons (Fsp3) is 0.150. The van der Waals surface area contributed by atoms with Crippen molar-refractivity contribution in [3.8, 4) is 0 Å². The van der Waals surface area contributed by atoms with Crippen LogP contribution in [0.2, 0.25) is 5.02 Å². The molecular weight excluding hydrogens is 416 g/mol. The first-order chi connectivity index (χ1) is 13.4. The second-order valence-corrected chi connectivity index (χ2v) is 10.0. The van der Waals surface area contributed by atoms with E-state index in [-0.39, 0.29) is 12.5 Å². The number of thiophene rings is 1. The lowest BCUT2D eigenvalue weighted by molar-refractivity contribution is 0.102. The number of hydrogen-bond acceptors (Lipinski definition) is 4. The molecule has 0 spiro atoms. The fourth-order valence-corrected chi connectivity index (χ4v) is 5.94. The van der Waals surface area contributed by atoms with Gasteiger partial charge in [0.2, 0.25) is 0 Å². The van der Waals surface area contributed by atoms with Crippen LogP contribution in [0, 0.1) is 0 Å². The van der Waals surface area contributed by atoms with E-state index in [1.165, 1.54) is 15.6 Å². The van der Waals surface area contributed by atoms with Gasteiger partial charge in [0.25, 0.3) is 15.9 Å².